The van der Waals surface area contributed by atoms with Crippen LogP contribution in [-0.2, 0) is 4.74 Å². The van der Waals surface area contributed by atoms with Gasteiger partial charge < -0.3 is 9.47 Å². The van der Waals surface area contributed by atoms with E-state index in [1.54, 1.807) is 6.07 Å². The van der Waals surface area contributed by atoms with Gasteiger partial charge in [-0.05, 0) is 26.8 Å². The second kappa shape index (κ2) is 4.33. The van der Waals surface area contributed by atoms with Gasteiger partial charge in [0.15, 0.2) is 0 Å². The molecular formula is C12H15NO4. The second-order valence-electron chi connectivity index (χ2n) is 4.41. The fraction of sp³-hybridized carbons (Fsp3) is 0.500. The first kappa shape index (κ1) is 11.9. The molecule has 2 atom stereocenters. The molecule has 0 N–H and O–H groups in total. The molecule has 17 heavy (non-hydrogen) atoms. The van der Waals surface area contributed by atoms with Gasteiger partial charge in [0.1, 0.15) is 11.9 Å². The van der Waals surface area contributed by atoms with Crippen molar-refractivity contribution in [3.63, 3.8) is 0 Å². The van der Waals surface area contributed by atoms with Gasteiger partial charge in [0, 0.05) is 17.7 Å². The molecule has 1 aliphatic rings. The minimum atomic E-state index is -0.407. The lowest BCUT2D eigenvalue weighted by molar-refractivity contribution is -0.385. The second-order valence-corrected chi connectivity index (χ2v) is 4.41. The molecule has 0 spiro atoms. The molecule has 1 aliphatic heterocycles. The third-order valence-corrected chi connectivity index (χ3v) is 2.58. The van der Waals surface area contributed by atoms with E-state index in [1.165, 1.54) is 12.1 Å². The average molecular weight is 237 g/mol. The zero-order valence-corrected chi connectivity index (χ0v) is 10.0. The van der Waals surface area contributed by atoms with Gasteiger partial charge in [-0.15, -0.1) is 0 Å². The molecule has 1 fully saturated rings. The average Bonchev–Trinajstić information content (AvgIpc) is 2.94. The summed E-state index contributed by atoms with van der Waals surface area (Å²) in [5.74, 6) is 0.667. The van der Waals surface area contributed by atoms with Gasteiger partial charge in [-0.25, -0.2) is 0 Å². The minimum absolute atomic E-state index is 0.0317. The highest BCUT2D eigenvalue weighted by Crippen LogP contribution is 2.44. The first-order valence-electron chi connectivity index (χ1n) is 5.59. The summed E-state index contributed by atoms with van der Waals surface area (Å²) in [6.45, 7) is 5.77. The Bertz CT molecular complexity index is 444. The van der Waals surface area contributed by atoms with E-state index < -0.39 is 4.92 Å². The fourth-order valence-electron chi connectivity index (χ4n) is 1.75. The van der Waals surface area contributed by atoms with Gasteiger partial charge in [0.2, 0.25) is 0 Å². The lowest BCUT2D eigenvalue weighted by atomic mass is 10.1. The number of non-ortho nitro benzene ring substituents is 1. The van der Waals surface area contributed by atoms with Gasteiger partial charge in [0.05, 0.1) is 17.1 Å². The van der Waals surface area contributed by atoms with Gasteiger partial charge >= 0.3 is 0 Å². The van der Waals surface area contributed by atoms with Crippen LogP contribution in [0.15, 0.2) is 18.2 Å². The molecule has 0 amide bonds. The van der Waals surface area contributed by atoms with E-state index >= 15 is 0 Å². The zero-order chi connectivity index (χ0) is 12.6. The molecule has 1 aromatic rings. The van der Waals surface area contributed by atoms with E-state index in [0.717, 1.165) is 5.56 Å². The topological polar surface area (TPSA) is 64.9 Å². The smallest absolute Gasteiger partial charge is 0.270 e. The highest BCUT2D eigenvalue weighted by Gasteiger charge is 2.39. The molecule has 1 heterocycles. The highest BCUT2D eigenvalue weighted by atomic mass is 16.6. The number of benzene rings is 1. The Labute approximate surface area is 99.5 Å². The van der Waals surface area contributed by atoms with Crippen molar-refractivity contribution in [1.82, 2.24) is 0 Å². The summed E-state index contributed by atoms with van der Waals surface area (Å²) < 4.78 is 11.0. The van der Waals surface area contributed by atoms with E-state index in [-0.39, 0.29) is 24.0 Å². The molecule has 0 bridgehead atoms. The molecule has 0 saturated carbocycles. The fourth-order valence-corrected chi connectivity index (χ4v) is 1.75. The van der Waals surface area contributed by atoms with Gasteiger partial charge in [-0.2, -0.15) is 0 Å². The largest absolute Gasteiger partial charge is 0.491 e. The molecule has 92 valence electrons. The summed E-state index contributed by atoms with van der Waals surface area (Å²) >= 11 is 0. The van der Waals surface area contributed by atoms with Crippen molar-refractivity contribution >= 4 is 5.69 Å². The van der Waals surface area contributed by atoms with Crippen molar-refractivity contribution in [1.29, 1.82) is 0 Å². The van der Waals surface area contributed by atoms with E-state index in [2.05, 4.69) is 0 Å². The molecular weight excluding hydrogens is 222 g/mol. The summed E-state index contributed by atoms with van der Waals surface area (Å²) in [4.78, 5) is 10.3. The van der Waals surface area contributed by atoms with Crippen LogP contribution in [0.2, 0.25) is 0 Å². The summed E-state index contributed by atoms with van der Waals surface area (Å²) in [6, 6.07) is 4.63. The third-order valence-electron chi connectivity index (χ3n) is 2.58. The first-order chi connectivity index (χ1) is 7.99. The number of nitro benzene ring substituents is 1. The maximum Gasteiger partial charge on any atom is 0.270 e. The Morgan fingerprint density at radius 3 is 2.59 bits per heavy atom. The highest BCUT2D eigenvalue weighted by molar-refractivity contribution is 5.46. The van der Waals surface area contributed by atoms with Crippen molar-refractivity contribution in [2.24, 2.45) is 0 Å². The third kappa shape index (κ3) is 2.55. The lowest BCUT2D eigenvalue weighted by Gasteiger charge is -2.12. The van der Waals surface area contributed by atoms with Crippen molar-refractivity contribution in [2.75, 3.05) is 0 Å². The summed E-state index contributed by atoms with van der Waals surface area (Å²) in [5.41, 5.74) is 0.833. The summed E-state index contributed by atoms with van der Waals surface area (Å²) in [7, 11) is 0. The van der Waals surface area contributed by atoms with Gasteiger partial charge in [-0.1, -0.05) is 0 Å². The monoisotopic (exact) mass is 237 g/mol. The maximum atomic E-state index is 10.7. The molecule has 0 radical (unpaired) electrons. The van der Waals surface area contributed by atoms with Crippen molar-refractivity contribution in [3.05, 3.63) is 33.9 Å². The molecule has 2 rings (SSSR count). The molecule has 0 aromatic heterocycles. The van der Waals surface area contributed by atoms with Crippen LogP contribution in [0, 0.1) is 10.1 Å². The van der Waals surface area contributed by atoms with E-state index in [9.17, 15) is 10.1 Å². The van der Waals surface area contributed by atoms with Crippen LogP contribution in [0.1, 0.15) is 32.4 Å². The quantitative estimate of drug-likeness (QED) is 0.459. The van der Waals surface area contributed by atoms with Crippen LogP contribution in [0.4, 0.5) is 5.69 Å². The van der Waals surface area contributed by atoms with Crippen LogP contribution in [0.3, 0.4) is 0 Å². The van der Waals surface area contributed by atoms with E-state index in [4.69, 9.17) is 9.47 Å². The predicted molar refractivity (Wildman–Crippen MR) is 62.1 cm³/mol. The van der Waals surface area contributed by atoms with Crippen LogP contribution >= 0.6 is 0 Å². The SMILES string of the molecule is CC(C)Oc1ccc([N+](=O)[O-])cc1[C@H]1OC1C. The Balaban J connectivity index is 2.34. The van der Waals surface area contributed by atoms with Crippen LogP contribution in [0.5, 0.6) is 5.75 Å². The predicted octanol–water partition coefficient (Wildman–Crippen LogP) is 2.84. The van der Waals surface area contributed by atoms with E-state index in [0.29, 0.717) is 5.75 Å². The minimum Gasteiger partial charge on any atom is -0.491 e. The Morgan fingerprint density at radius 1 is 1.47 bits per heavy atom. The number of nitro groups is 1. The van der Waals surface area contributed by atoms with Gasteiger partial charge in [0.25, 0.3) is 5.69 Å². The van der Waals surface area contributed by atoms with Crippen LogP contribution < -0.4 is 4.74 Å². The molecule has 1 saturated heterocycles. The molecule has 1 aromatic carbocycles. The molecule has 0 aliphatic carbocycles. The van der Waals surface area contributed by atoms with Gasteiger partial charge in [-0.3, -0.25) is 10.1 Å². The number of hydrogen-bond donors (Lipinski definition) is 0. The maximum absolute atomic E-state index is 10.7. The van der Waals surface area contributed by atoms with Crippen LogP contribution in [0.25, 0.3) is 0 Å². The Kier molecular flexibility index (Phi) is 3.02. The number of ether oxygens (including phenoxy) is 2. The first-order valence-corrected chi connectivity index (χ1v) is 5.59. The van der Waals surface area contributed by atoms with Crippen molar-refractivity contribution < 1.29 is 14.4 Å². The molecule has 5 heteroatoms. The van der Waals surface area contributed by atoms with E-state index in [1.807, 2.05) is 20.8 Å². The van der Waals surface area contributed by atoms with Crippen LogP contribution in [-0.4, -0.2) is 17.1 Å². The zero-order valence-electron chi connectivity index (χ0n) is 10.0. The number of epoxide rings is 1. The standard InChI is InChI=1S/C12H15NO4/c1-7(2)16-11-5-4-9(13(14)15)6-10(11)12-8(3)17-12/h4-8,12H,1-3H3/t8?,12-/m0/s1. The summed E-state index contributed by atoms with van der Waals surface area (Å²) in [5, 5.41) is 10.7. The molecule has 5 nitrogen and oxygen atoms in total. The Hall–Kier alpha value is -1.62. The number of hydrogen-bond acceptors (Lipinski definition) is 4. The molecule has 1 unspecified atom stereocenters. The normalized spacial score (nSPS) is 22.6. The van der Waals surface area contributed by atoms with Crippen molar-refractivity contribution in [2.45, 2.75) is 39.1 Å². The number of nitrogens with zero attached hydrogens (tertiary/aromatic N) is 1. The lowest BCUT2D eigenvalue weighted by Crippen LogP contribution is -2.07. The number of rotatable bonds is 4. The Morgan fingerprint density at radius 2 is 2.12 bits per heavy atom. The van der Waals surface area contributed by atoms with Crippen molar-refractivity contribution in [3.8, 4) is 5.75 Å². The summed E-state index contributed by atoms with van der Waals surface area (Å²) in [6.07, 6.45) is 0.0550.